The lowest BCUT2D eigenvalue weighted by molar-refractivity contribution is -0.116. The molecule has 0 N–H and O–H groups in total. The van der Waals surface area contributed by atoms with Crippen LogP contribution in [0.25, 0.3) is 27.6 Å². The fraction of sp³-hybridized carbons (Fsp3) is 0.256. The molecule has 1 aliphatic heterocycles. The van der Waals surface area contributed by atoms with Gasteiger partial charge in [-0.15, -0.1) is 0 Å². The van der Waals surface area contributed by atoms with Crippen molar-refractivity contribution in [3.8, 4) is 11.1 Å². The molecule has 1 atom stereocenters. The number of likely N-dealkylation sites (N-methyl/N-ethyl adjacent to an activating group) is 1. The first-order chi connectivity index (χ1) is 21.4. The number of aliphatic imine (C=N–C) groups is 1. The fourth-order valence-corrected chi connectivity index (χ4v) is 6.24. The van der Waals surface area contributed by atoms with E-state index in [1.165, 1.54) is 11.3 Å². The lowest BCUT2D eigenvalue weighted by atomic mass is 9.77. The molecule has 1 saturated heterocycles. The van der Waals surface area contributed by atoms with Gasteiger partial charge in [0.25, 0.3) is 0 Å². The van der Waals surface area contributed by atoms with Crippen LogP contribution in [-0.4, -0.2) is 54.6 Å². The summed E-state index contributed by atoms with van der Waals surface area (Å²) in [5.74, 6) is -0.124. The summed E-state index contributed by atoms with van der Waals surface area (Å²) in [4.78, 5) is 27.7. The van der Waals surface area contributed by atoms with E-state index in [1.54, 1.807) is 0 Å². The Labute approximate surface area is 261 Å². The van der Waals surface area contributed by atoms with Crippen LogP contribution >= 0.6 is 0 Å². The Bertz CT molecular complexity index is 1770. The van der Waals surface area contributed by atoms with Gasteiger partial charge in [0, 0.05) is 73.3 Å². The van der Waals surface area contributed by atoms with Gasteiger partial charge in [0.05, 0.1) is 5.52 Å². The summed E-state index contributed by atoms with van der Waals surface area (Å²) in [5.41, 5.74) is 10.1. The molecule has 3 aromatic carbocycles. The number of allylic oxidation sites excluding steroid dienone is 4. The number of benzene rings is 3. The number of nitrogens with zero attached hydrogens (tertiary/aromatic N) is 4. The molecule has 0 spiro atoms. The molecule has 1 aromatic heterocycles. The van der Waals surface area contributed by atoms with Crippen molar-refractivity contribution in [1.29, 1.82) is 0 Å². The minimum absolute atomic E-state index is 0.123. The molecule has 0 amide bonds. The molecule has 6 rings (SSSR count). The Morgan fingerprint density at radius 2 is 1.68 bits per heavy atom. The zero-order valence-electron chi connectivity index (χ0n) is 26.0. The van der Waals surface area contributed by atoms with Gasteiger partial charge in [-0.3, -0.25) is 14.8 Å². The quantitative estimate of drug-likeness (QED) is 0.209. The van der Waals surface area contributed by atoms with Crippen molar-refractivity contribution in [3.05, 3.63) is 126 Å². The highest BCUT2D eigenvalue weighted by molar-refractivity contribution is 6.25. The van der Waals surface area contributed by atoms with Gasteiger partial charge in [-0.1, -0.05) is 68.1 Å². The molecule has 2 heterocycles. The number of anilines is 1. The maximum Gasteiger partial charge on any atom is 0.170 e. The molecule has 5 nitrogen and oxygen atoms in total. The van der Waals surface area contributed by atoms with E-state index in [0.717, 1.165) is 77.1 Å². The predicted molar refractivity (Wildman–Crippen MR) is 184 cm³/mol. The molecule has 1 fully saturated rings. The first-order valence-corrected chi connectivity index (χ1v) is 15.6. The summed E-state index contributed by atoms with van der Waals surface area (Å²) in [6, 6.07) is 27.4. The summed E-state index contributed by atoms with van der Waals surface area (Å²) in [6.45, 7) is 12.8. The van der Waals surface area contributed by atoms with E-state index in [-0.39, 0.29) is 11.7 Å². The number of hydrogen-bond donors (Lipinski definition) is 0. The van der Waals surface area contributed by atoms with E-state index < -0.39 is 0 Å². The van der Waals surface area contributed by atoms with Crippen LogP contribution in [0.1, 0.15) is 31.4 Å². The highest BCUT2D eigenvalue weighted by Crippen LogP contribution is 2.37. The maximum absolute atomic E-state index is 13.6. The molecular formula is C39H40N4O. The number of hydrogen-bond acceptors (Lipinski definition) is 5. The predicted octanol–water partition coefficient (Wildman–Crippen LogP) is 7.79. The fourth-order valence-electron chi connectivity index (χ4n) is 6.24. The summed E-state index contributed by atoms with van der Waals surface area (Å²) in [6.07, 6.45) is 7.16. The number of rotatable bonds is 7. The van der Waals surface area contributed by atoms with Crippen molar-refractivity contribution in [2.45, 2.75) is 26.7 Å². The van der Waals surface area contributed by atoms with Crippen LogP contribution in [0.4, 0.5) is 5.69 Å². The average molecular weight is 581 g/mol. The van der Waals surface area contributed by atoms with Crippen molar-refractivity contribution in [3.63, 3.8) is 0 Å². The second-order valence-electron chi connectivity index (χ2n) is 11.9. The molecule has 1 aliphatic carbocycles. The highest BCUT2D eigenvalue weighted by atomic mass is 16.1. The van der Waals surface area contributed by atoms with Gasteiger partial charge in [-0.2, -0.15) is 0 Å². The van der Waals surface area contributed by atoms with Crippen LogP contribution in [0.5, 0.6) is 0 Å². The lowest BCUT2D eigenvalue weighted by Crippen LogP contribution is -2.44. The van der Waals surface area contributed by atoms with E-state index in [9.17, 15) is 4.79 Å². The van der Waals surface area contributed by atoms with Crippen LogP contribution in [-0.2, 0) is 11.2 Å². The number of ketones is 1. The molecule has 5 heteroatoms. The highest BCUT2D eigenvalue weighted by Gasteiger charge is 2.30. The topological polar surface area (TPSA) is 48.8 Å². The van der Waals surface area contributed by atoms with Crippen molar-refractivity contribution in [2.24, 2.45) is 10.9 Å². The van der Waals surface area contributed by atoms with Gasteiger partial charge in [0.2, 0.25) is 0 Å². The molecule has 222 valence electrons. The molecule has 0 saturated carbocycles. The SMILES string of the molecule is C=C1/C(=C\N=C(C)Cc2ccc(N3CCN(C)CC3)cc2)C=C(c2ccc(-c3cccc4ncccc34)cc2)C(=O)C1CC. The van der Waals surface area contributed by atoms with Crippen LogP contribution in [0.15, 0.2) is 120 Å². The van der Waals surface area contributed by atoms with Crippen molar-refractivity contribution < 1.29 is 4.79 Å². The number of aromatic nitrogens is 1. The molecule has 2 aliphatic rings. The van der Waals surface area contributed by atoms with Crippen molar-refractivity contribution >= 4 is 33.7 Å². The third-order valence-corrected chi connectivity index (χ3v) is 8.92. The second kappa shape index (κ2) is 12.9. The monoisotopic (exact) mass is 580 g/mol. The Morgan fingerprint density at radius 3 is 2.41 bits per heavy atom. The Hall–Kier alpha value is -4.61. The molecular weight excluding hydrogens is 540 g/mol. The number of piperazine rings is 1. The number of Topliss-reactive ketones (excluding diaryl/α,β-unsaturated/α-hetero) is 1. The summed E-state index contributed by atoms with van der Waals surface area (Å²) in [7, 11) is 2.18. The minimum atomic E-state index is -0.248. The normalized spacial score (nSPS) is 19.1. The van der Waals surface area contributed by atoms with Crippen molar-refractivity contribution in [1.82, 2.24) is 9.88 Å². The Morgan fingerprint density at radius 1 is 0.955 bits per heavy atom. The van der Waals surface area contributed by atoms with Gasteiger partial charge in [-0.25, -0.2) is 0 Å². The van der Waals surface area contributed by atoms with Gasteiger partial charge < -0.3 is 9.80 Å². The summed E-state index contributed by atoms with van der Waals surface area (Å²) >= 11 is 0. The van der Waals surface area contributed by atoms with Gasteiger partial charge in [-0.05, 0) is 84.1 Å². The van der Waals surface area contributed by atoms with Crippen LogP contribution in [0.2, 0.25) is 0 Å². The van der Waals surface area contributed by atoms with Gasteiger partial charge >= 0.3 is 0 Å². The Balaban J connectivity index is 1.22. The smallest absolute Gasteiger partial charge is 0.170 e. The largest absolute Gasteiger partial charge is 0.369 e. The molecule has 0 bridgehead atoms. The molecule has 0 radical (unpaired) electrons. The van der Waals surface area contributed by atoms with E-state index in [2.05, 4.69) is 83.9 Å². The average Bonchev–Trinajstić information content (AvgIpc) is 3.05. The third-order valence-electron chi connectivity index (χ3n) is 8.92. The molecule has 4 aromatic rings. The standard InChI is InChI=1S/C39H40N4O/c1-5-34-28(3)32(26-41-27(2)24-29-11-17-33(18-12-29)43-22-20-42(4)21-23-43)25-37(39(34)44)31-15-13-30(14-16-31)35-8-6-10-38-36(35)9-7-19-40-38/h6-19,25-26,34H,3,5,20-24H2,1-2,4H3/b32-26-,41-27?. The lowest BCUT2D eigenvalue weighted by Gasteiger charge is -2.34. The first kappa shape index (κ1) is 29.5. The number of fused-ring (bicyclic) bond motifs is 1. The summed E-state index contributed by atoms with van der Waals surface area (Å²) in [5, 5.41) is 1.11. The first-order valence-electron chi connectivity index (χ1n) is 15.6. The number of carbonyl (C=O) groups excluding carboxylic acids is 1. The summed E-state index contributed by atoms with van der Waals surface area (Å²) < 4.78 is 0. The van der Waals surface area contributed by atoms with E-state index in [0.29, 0.717) is 12.0 Å². The van der Waals surface area contributed by atoms with Crippen LogP contribution in [0.3, 0.4) is 0 Å². The molecule has 1 unspecified atom stereocenters. The zero-order chi connectivity index (χ0) is 30.6. The van der Waals surface area contributed by atoms with Gasteiger partial charge in [0.15, 0.2) is 5.78 Å². The van der Waals surface area contributed by atoms with Crippen molar-refractivity contribution in [2.75, 3.05) is 38.1 Å². The van der Waals surface area contributed by atoms with Gasteiger partial charge in [0.1, 0.15) is 0 Å². The van der Waals surface area contributed by atoms with Crippen LogP contribution in [0, 0.1) is 5.92 Å². The van der Waals surface area contributed by atoms with E-state index >= 15 is 0 Å². The number of carbonyl (C=O) groups is 1. The van der Waals surface area contributed by atoms with E-state index in [1.807, 2.05) is 55.7 Å². The Kier molecular flexibility index (Phi) is 8.67. The van der Waals surface area contributed by atoms with Crippen LogP contribution < -0.4 is 4.90 Å². The maximum atomic E-state index is 13.6. The van der Waals surface area contributed by atoms with E-state index in [4.69, 9.17) is 4.99 Å². The molecule has 44 heavy (non-hydrogen) atoms. The third kappa shape index (κ3) is 6.20. The number of pyridine rings is 1. The zero-order valence-corrected chi connectivity index (χ0v) is 26.0. The second-order valence-corrected chi connectivity index (χ2v) is 11.9. The minimum Gasteiger partial charge on any atom is -0.369 e.